The Balaban J connectivity index is 2.29. The lowest BCUT2D eigenvalue weighted by atomic mass is 10.3. The Morgan fingerprint density at radius 2 is 2.17 bits per heavy atom. The minimum atomic E-state index is -0.415. The van der Waals surface area contributed by atoms with Crippen molar-refractivity contribution >= 4 is 5.91 Å². The van der Waals surface area contributed by atoms with E-state index in [0.717, 1.165) is 6.42 Å². The molecule has 0 aromatic heterocycles. The monoisotopic (exact) mass is 254 g/mol. The number of amides is 1. The van der Waals surface area contributed by atoms with Crippen LogP contribution in [0.5, 0.6) is 5.75 Å². The lowest BCUT2D eigenvalue weighted by Crippen LogP contribution is -2.30. The summed E-state index contributed by atoms with van der Waals surface area (Å²) in [5.41, 5.74) is 5.37. The molecule has 0 aliphatic heterocycles. The van der Waals surface area contributed by atoms with Gasteiger partial charge in [0.1, 0.15) is 0 Å². The molecule has 1 amide bonds. The van der Waals surface area contributed by atoms with Gasteiger partial charge in [0, 0.05) is 13.6 Å². The average molecular weight is 254 g/mol. The van der Waals surface area contributed by atoms with Crippen molar-refractivity contribution in [3.63, 3.8) is 0 Å². The molecule has 0 atom stereocenters. The van der Waals surface area contributed by atoms with Gasteiger partial charge in [-0.25, -0.2) is 4.39 Å². The number of nitrogens with two attached hydrogens (primary N) is 1. The van der Waals surface area contributed by atoms with Crippen LogP contribution in [0.3, 0.4) is 0 Å². The summed E-state index contributed by atoms with van der Waals surface area (Å²) in [6.45, 7) is 1.37. The molecule has 1 aromatic rings. The molecule has 0 heterocycles. The maximum Gasteiger partial charge on any atom is 0.225 e. The van der Waals surface area contributed by atoms with Gasteiger partial charge >= 0.3 is 0 Å². The third-order valence-corrected chi connectivity index (χ3v) is 2.53. The highest BCUT2D eigenvalue weighted by atomic mass is 19.1. The summed E-state index contributed by atoms with van der Waals surface area (Å²) in [6, 6.07) is 6.14. The van der Waals surface area contributed by atoms with Crippen LogP contribution in [-0.4, -0.2) is 37.6 Å². The minimum absolute atomic E-state index is 0.0280. The molecule has 0 unspecified atom stereocenters. The number of halogens is 1. The number of hydrogen-bond acceptors (Lipinski definition) is 3. The molecule has 4 nitrogen and oxygen atoms in total. The highest BCUT2D eigenvalue weighted by Gasteiger charge is 2.09. The number of hydrogen-bond donors (Lipinski definition) is 1. The van der Waals surface area contributed by atoms with E-state index in [-0.39, 0.29) is 24.7 Å². The first-order chi connectivity index (χ1) is 8.65. The summed E-state index contributed by atoms with van der Waals surface area (Å²) in [4.78, 5) is 13.2. The predicted molar refractivity (Wildman–Crippen MR) is 67.8 cm³/mol. The van der Waals surface area contributed by atoms with Gasteiger partial charge in [-0.3, -0.25) is 4.79 Å². The van der Waals surface area contributed by atoms with Crippen molar-refractivity contribution in [2.24, 2.45) is 5.73 Å². The molecule has 100 valence electrons. The summed E-state index contributed by atoms with van der Waals surface area (Å²) < 4.78 is 18.4. The van der Waals surface area contributed by atoms with E-state index in [9.17, 15) is 9.18 Å². The van der Waals surface area contributed by atoms with Gasteiger partial charge in [0.15, 0.2) is 11.6 Å². The number of benzene rings is 1. The standard InChI is InChI=1S/C13H19FN2O2/c1-16(9-4-8-15)13(17)7-10-18-12-6-3-2-5-11(12)14/h2-3,5-6H,4,7-10,15H2,1H3. The lowest BCUT2D eigenvalue weighted by molar-refractivity contribution is -0.130. The topological polar surface area (TPSA) is 55.6 Å². The van der Waals surface area contributed by atoms with Gasteiger partial charge in [0.05, 0.1) is 13.0 Å². The molecule has 0 aliphatic rings. The first kappa shape index (κ1) is 14.4. The van der Waals surface area contributed by atoms with Crippen molar-refractivity contribution in [3.05, 3.63) is 30.1 Å². The Hall–Kier alpha value is -1.62. The van der Waals surface area contributed by atoms with Gasteiger partial charge in [-0.2, -0.15) is 0 Å². The van der Waals surface area contributed by atoms with Gasteiger partial charge in [-0.1, -0.05) is 12.1 Å². The van der Waals surface area contributed by atoms with Gasteiger partial charge in [-0.15, -0.1) is 0 Å². The van der Waals surface area contributed by atoms with E-state index in [2.05, 4.69) is 0 Å². The molecule has 1 rings (SSSR count). The summed E-state index contributed by atoms with van der Waals surface area (Å²) in [7, 11) is 1.72. The third-order valence-electron chi connectivity index (χ3n) is 2.53. The fraction of sp³-hybridized carbons (Fsp3) is 0.462. The SMILES string of the molecule is CN(CCCN)C(=O)CCOc1ccccc1F. The quantitative estimate of drug-likeness (QED) is 0.800. The summed E-state index contributed by atoms with van der Waals surface area (Å²) in [6.07, 6.45) is 1.01. The van der Waals surface area contributed by atoms with Gasteiger partial charge in [0.25, 0.3) is 0 Å². The smallest absolute Gasteiger partial charge is 0.225 e. The van der Waals surface area contributed by atoms with Gasteiger partial charge < -0.3 is 15.4 Å². The zero-order valence-electron chi connectivity index (χ0n) is 10.6. The molecule has 0 saturated heterocycles. The zero-order valence-corrected chi connectivity index (χ0v) is 10.6. The Kier molecular flexibility index (Phi) is 6.14. The van der Waals surface area contributed by atoms with Gasteiger partial charge in [-0.05, 0) is 25.1 Å². The van der Waals surface area contributed by atoms with Crippen LogP contribution in [-0.2, 0) is 4.79 Å². The fourth-order valence-corrected chi connectivity index (χ4v) is 1.45. The van der Waals surface area contributed by atoms with Crippen molar-refractivity contribution in [3.8, 4) is 5.75 Å². The third kappa shape index (κ3) is 4.71. The molecular weight excluding hydrogens is 235 g/mol. The van der Waals surface area contributed by atoms with E-state index in [1.54, 1.807) is 24.1 Å². The van der Waals surface area contributed by atoms with Crippen LogP contribution in [0.4, 0.5) is 4.39 Å². The second kappa shape index (κ2) is 7.66. The van der Waals surface area contributed by atoms with Crippen molar-refractivity contribution in [2.45, 2.75) is 12.8 Å². The first-order valence-corrected chi connectivity index (χ1v) is 5.96. The molecule has 5 heteroatoms. The first-order valence-electron chi connectivity index (χ1n) is 5.96. The van der Waals surface area contributed by atoms with E-state index < -0.39 is 5.82 Å². The van der Waals surface area contributed by atoms with Crippen LogP contribution >= 0.6 is 0 Å². The minimum Gasteiger partial charge on any atom is -0.490 e. The number of carbonyl (C=O) groups excluding carboxylic acids is 1. The Bertz CT molecular complexity index is 385. The summed E-state index contributed by atoms with van der Waals surface area (Å²) >= 11 is 0. The predicted octanol–water partition coefficient (Wildman–Crippen LogP) is 1.40. The molecule has 0 saturated carbocycles. The number of ether oxygens (including phenoxy) is 1. The Morgan fingerprint density at radius 1 is 1.44 bits per heavy atom. The van der Waals surface area contributed by atoms with E-state index in [1.165, 1.54) is 12.1 Å². The Morgan fingerprint density at radius 3 is 2.83 bits per heavy atom. The highest BCUT2D eigenvalue weighted by Crippen LogP contribution is 2.15. The van der Waals surface area contributed by atoms with E-state index in [1.807, 2.05) is 0 Å². The maximum absolute atomic E-state index is 13.2. The zero-order chi connectivity index (χ0) is 13.4. The summed E-state index contributed by atoms with van der Waals surface area (Å²) in [5, 5.41) is 0. The van der Waals surface area contributed by atoms with E-state index in [0.29, 0.717) is 13.1 Å². The number of rotatable bonds is 7. The van der Waals surface area contributed by atoms with E-state index in [4.69, 9.17) is 10.5 Å². The van der Waals surface area contributed by atoms with Crippen molar-refractivity contribution in [1.82, 2.24) is 4.90 Å². The van der Waals surface area contributed by atoms with Crippen molar-refractivity contribution in [2.75, 3.05) is 26.7 Å². The lowest BCUT2D eigenvalue weighted by Gasteiger charge is -2.16. The van der Waals surface area contributed by atoms with E-state index >= 15 is 0 Å². The van der Waals surface area contributed by atoms with Crippen LogP contribution in [0.2, 0.25) is 0 Å². The highest BCUT2D eigenvalue weighted by molar-refractivity contribution is 5.75. The molecule has 1 aromatic carbocycles. The molecule has 18 heavy (non-hydrogen) atoms. The molecule has 0 spiro atoms. The maximum atomic E-state index is 13.2. The van der Waals surface area contributed by atoms with Crippen LogP contribution in [0.1, 0.15) is 12.8 Å². The van der Waals surface area contributed by atoms with Crippen LogP contribution < -0.4 is 10.5 Å². The van der Waals surface area contributed by atoms with Crippen LogP contribution in [0.15, 0.2) is 24.3 Å². The molecule has 0 fully saturated rings. The normalized spacial score (nSPS) is 10.2. The summed E-state index contributed by atoms with van der Waals surface area (Å²) in [5.74, 6) is -0.267. The second-order valence-electron chi connectivity index (χ2n) is 3.99. The van der Waals surface area contributed by atoms with Crippen molar-refractivity contribution < 1.29 is 13.9 Å². The molecular formula is C13H19FN2O2. The number of para-hydroxylation sites is 1. The van der Waals surface area contributed by atoms with Crippen molar-refractivity contribution in [1.29, 1.82) is 0 Å². The largest absolute Gasteiger partial charge is 0.490 e. The molecule has 0 bridgehead atoms. The average Bonchev–Trinajstić information content (AvgIpc) is 2.38. The number of nitrogens with zero attached hydrogens (tertiary/aromatic N) is 1. The van der Waals surface area contributed by atoms with Crippen LogP contribution in [0.25, 0.3) is 0 Å². The second-order valence-corrected chi connectivity index (χ2v) is 3.99. The molecule has 0 aliphatic carbocycles. The van der Waals surface area contributed by atoms with Crippen LogP contribution in [0, 0.1) is 5.82 Å². The number of carbonyl (C=O) groups is 1. The fourth-order valence-electron chi connectivity index (χ4n) is 1.45. The Labute approximate surface area is 107 Å². The van der Waals surface area contributed by atoms with Gasteiger partial charge in [0.2, 0.25) is 5.91 Å². The molecule has 0 radical (unpaired) electrons. The molecule has 2 N–H and O–H groups in total.